The highest BCUT2D eigenvalue weighted by atomic mass is 32.2. The lowest BCUT2D eigenvalue weighted by Gasteiger charge is -2.05. The second-order valence-electron chi connectivity index (χ2n) is 5.42. The molecule has 0 amide bonds. The van der Waals surface area contributed by atoms with Gasteiger partial charge in [0, 0.05) is 11.3 Å². The molecule has 0 aliphatic carbocycles. The Balaban J connectivity index is 1.60. The van der Waals surface area contributed by atoms with Crippen LogP contribution in [0.25, 0.3) is 0 Å². The minimum atomic E-state index is 0.346. The maximum Gasteiger partial charge on any atom is 0.264 e. The average molecular weight is 384 g/mol. The summed E-state index contributed by atoms with van der Waals surface area (Å²) in [6.07, 6.45) is 1.64. The molecule has 0 bridgehead atoms. The van der Waals surface area contributed by atoms with E-state index in [9.17, 15) is 0 Å². The first-order valence-corrected chi connectivity index (χ1v) is 9.08. The number of hydrogen-bond donors (Lipinski definition) is 2. The minimum absolute atomic E-state index is 0.346. The summed E-state index contributed by atoms with van der Waals surface area (Å²) in [5, 5.41) is 12.8. The summed E-state index contributed by atoms with van der Waals surface area (Å²) in [7, 11) is 3.26. The van der Waals surface area contributed by atoms with Crippen LogP contribution in [0.2, 0.25) is 0 Å². The van der Waals surface area contributed by atoms with Crippen LogP contribution in [-0.4, -0.2) is 35.3 Å². The summed E-state index contributed by atoms with van der Waals surface area (Å²) in [5.74, 6) is 8.65. The molecule has 0 unspecified atom stereocenters. The number of methoxy groups -OCH3 is 2. The van der Waals surface area contributed by atoms with Gasteiger partial charge in [-0.2, -0.15) is 5.10 Å². The SMILES string of the molecule is COc1ccc(CSc2nnc(N/N=C/c3ccccc3OC)n2N)cc1. The van der Waals surface area contributed by atoms with E-state index >= 15 is 0 Å². The topological polar surface area (TPSA) is 99.6 Å². The quantitative estimate of drug-likeness (QED) is 0.267. The number of aromatic nitrogens is 3. The fourth-order valence-corrected chi connectivity index (χ4v) is 3.07. The van der Waals surface area contributed by atoms with Crippen molar-refractivity contribution in [3.63, 3.8) is 0 Å². The van der Waals surface area contributed by atoms with E-state index in [0.717, 1.165) is 22.6 Å². The Hall–Kier alpha value is -3.20. The van der Waals surface area contributed by atoms with Crippen molar-refractivity contribution in [3.8, 4) is 11.5 Å². The van der Waals surface area contributed by atoms with E-state index in [1.165, 1.54) is 16.4 Å². The highest BCUT2D eigenvalue weighted by molar-refractivity contribution is 7.98. The molecule has 140 valence electrons. The van der Waals surface area contributed by atoms with Crippen molar-refractivity contribution in [2.75, 3.05) is 25.5 Å². The Morgan fingerprint density at radius 2 is 1.89 bits per heavy atom. The Morgan fingerprint density at radius 1 is 1.11 bits per heavy atom. The molecule has 2 aromatic carbocycles. The Morgan fingerprint density at radius 3 is 2.63 bits per heavy atom. The first kappa shape index (κ1) is 18.6. The summed E-state index contributed by atoms with van der Waals surface area (Å²) < 4.78 is 11.8. The van der Waals surface area contributed by atoms with Gasteiger partial charge in [0.2, 0.25) is 5.16 Å². The number of nitrogens with zero attached hydrogens (tertiary/aromatic N) is 4. The predicted molar refractivity (Wildman–Crippen MR) is 107 cm³/mol. The predicted octanol–water partition coefficient (Wildman–Crippen LogP) is 2.75. The first-order valence-electron chi connectivity index (χ1n) is 8.09. The molecule has 0 saturated heterocycles. The third-order valence-corrected chi connectivity index (χ3v) is 4.71. The summed E-state index contributed by atoms with van der Waals surface area (Å²) >= 11 is 1.48. The van der Waals surface area contributed by atoms with Crippen molar-refractivity contribution in [2.24, 2.45) is 5.10 Å². The second kappa shape index (κ2) is 8.95. The number of hydrogen-bond acceptors (Lipinski definition) is 8. The smallest absolute Gasteiger partial charge is 0.264 e. The number of rotatable bonds is 8. The number of nitrogen functional groups attached to an aromatic ring is 1. The molecule has 27 heavy (non-hydrogen) atoms. The number of nitrogens with one attached hydrogen (secondary N) is 1. The van der Waals surface area contributed by atoms with Crippen molar-refractivity contribution < 1.29 is 9.47 Å². The van der Waals surface area contributed by atoms with Crippen LogP contribution in [0.4, 0.5) is 5.95 Å². The Kier molecular flexibility index (Phi) is 6.16. The molecule has 3 N–H and O–H groups in total. The van der Waals surface area contributed by atoms with Gasteiger partial charge in [-0.1, -0.05) is 36.0 Å². The van der Waals surface area contributed by atoms with Crippen molar-refractivity contribution in [3.05, 3.63) is 59.7 Å². The number of nitrogens with two attached hydrogens (primary N) is 1. The minimum Gasteiger partial charge on any atom is -0.497 e. The molecule has 0 radical (unpaired) electrons. The zero-order valence-electron chi connectivity index (χ0n) is 15.0. The monoisotopic (exact) mass is 384 g/mol. The van der Waals surface area contributed by atoms with Gasteiger partial charge in [-0.15, -0.1) is 10.2 Å². The van der Waals surface area contributed by atoms with Gasteiger partial charge >= 0.3 is 0 Å². The van der Waals surface area contributed by atoms with Crippen LogP contribution in [0.15, 0.2) is 58.8 Å². The van der Waals surface area contributed by atoms with Gasteiger partial charge in [0.05, 0.1) is 20.4 Å². The molecule has 3 rings (SSSR count). The third kappa shape index (κ3) is 4.70. The van der Waals surface area contributed by atoms with Crippen molar-refractivity contribution in [1.29, 1.82) is 0 Å². The van der Waals surface area contributed by atoms with E-state index < -0.39 is 0 Å². The largest absolute Gasteiger partial charge is 0.497 e. The van der Waals surface area contributed by atoms with Gasteiger partial charge in [0.1, 0.15) is 11.5 Å². The molecule has 3 aromatic rings. The number of ether oxygens (including phenoxy) is 2. The molecular weight excluding hydrogens is 364 g/mol. The third-order valence-electron chi connectivity index (χ3n) is 3.70. The van der Waals surface area contributed by atoms with Crippen LogP contribution in [0, 0.1) is 0 Å². The van der Waals surface area contributed by atoms with Crippen LogP contribution < -0.4 is 20.7 Å². The lowest BCUT2D eigenvalue weighted by Crippen LogP contribution is -2.13. The number of para-hydroxylation sites is 1. The standard InChI is InChI=1S/C18H20N6O2S/c1-25-15-9-7-13(8-10-15)12-27-18-23-22-17(24(18)19)21-20-11-14-5-3-4-6-16(14)26-2/h3-11H,12,19H2,1-2H3,(H,21,22)/b20-11+. The molecule has 0 fully saturated rings. The fraction of sp³-hybridized carbons (Fsp3) is 0.167. The zero-order chi connectivity index (χ0) is 19.1. The van der Waals surface area contributed by atoms with Crippen LogP contribution >= 0.6 is 11.8 Å². The van der Waals surface area contributed by atoms with E-state index in [-0.39, 0.29) is 0 Å². The maximum atomic E-state index is 6.04. The fourth-order valence-electron chi connectivity index (χ4n) is 2.25. The van der Waals surface area contributed by atoms with Crippen molar-refractivity contribution in [1.82, 2.24) is 14.9 Å². The molecule has 0 saturated carbocycles. The number of hydrazone groups is 1. The summed E-state index contributed by atoms with van der Waals surface area (Å²) in [6, 6.07) is 15.4. The van der Waals surface area contributed by atoms with Gasteiger partial charge in [-0.25, -0.2) is 10.1 Å². The second-order valence-corrected chi connectivity index (χ2v) is 6.37. The van der Waals surface area contributed by atoms with Crippen LogP contribution in [-0.2, 0) is 5.75 Å². The first-order chi connectivity index (χ1) is 13.2. The van der Waals surface area contributed by atoms with Crippen LogP contribution in [0.5, 0.6) is 11.5 Å². The lowest BCUT2D eigenvalue weighted by atomic mass is 10.2. The summed E-state index contributed by atoms with van der Waals surface area (Å²) in [5.41, 5.74) is 4.76. The molecule has 0 atom stereocenters. The maximum absolute atomic E-state index is 6.04. The normalized spacial score (nSPS) is 10.9. The molecule has 0 aliphatic rings. The van der Waals surface area contributed by atoms with Crippen molar-refractivity contribution >= 4 is 23.9 Å². The van der Waals surface area contributed by atoms with E-state index in [4.69, 9.17) is 15.3 Å². The van der Waals surface area contributed by atoms with E-state index in [2.05, 4.69) is 20.7 Å². The number of anilines is 1. The van der Waals surface area contributed by atoms with Gasteiger partial charge in [-0.05, 0) is 29.8 Å². The highest BCUT2D eigenvalue weighted by Gasteiger charge is 2.10. The van der Waals surface area contributed by atoms with Crippen LogP contribution in [0.1, 0.15) is 11.1 Å². The van der Waals surface area contributed by atoms with Crippen LogP contribution in [0.3, 0.4) is 0 Å². The van der Waals surface area contributed by atoms with Crippen molar-refractivity contribution in [2.45, 2.75) is 10.9 Å². The molecular formula is C18H20N6O2S. The molecule has 1 heterocycles. The van der Waals surface area contributed by atoms with Gasteiger partial charge < -0.3 is 15.3 Å². The zero-order valence-corrected chi connectivity index (χ0v) is 15.8. The van der Waals surface area contributed by atoms with Gasteiger partial charge in [0.15, 0.2) is 0 Å². The Labute approximate surface area is 161 Å². The molecule has 0 spiro atoms. The number of thioether (sulfide) groups is 1. The average Bonchev–Trinajstić information content (AvgIpc) is 3.07. The summed E-state index contributed by atoms with van der Waals surface area (Å²) in [4.78, 5) is 0. The Bertz CT molecular complexity index is 910. The van der Waals surface area contributed by atoms with E-state index in [0.29, 0.717) is 16.9 Å². The molecule has 1 aromatic heterocycles. The van der Waals surface area contributed by atoms with E-state index in [1.54, 1.807) is 20.4 Å². The molecule has 8 nitrogen and oxygen atoms in total. The van der Waals surface area contributed by atoms with Gasteiger partial charge in [0.25, 0.3) is 5.95 Å². The van der Waals surface area contributed by atoms with Gasteiger partial charge in [-0.3, -0.25) is 0 Å². The lowest BCUT2D eigenvalue weighted by molar-refractivity contribution is 0.414. The molecule has 9 heteroatoms. The van der Waals surface area contributed by atoms with E-state index in [1.807, 2.05) is 48.5 Å². The highest BCUT2D eigenvalue weighted by Crippen LogP contribution is 2.23. The molecule has 0 aliphatic heterocycles. The summed E-state index contributed by atoms with van der Waals surface area (Å²) in [6.45, 7) is 0. The number of benzene rings is 2.